The van der Waals surface area contributed by atoms with Gasteiger partial charge in [0.05, 0.1) is 0 Å². The Kier molecular flexibility index (Phi) is 2.68. The maximum absolute atomic E-state index is 11.6. The quantitative estimate of drug-likeness (QED) is 0.649. The van der Waals surface area contributed by atoms with Gasteiger partial charge in [0.1, 0.15) is 0 Å². The molecule has 0 saturated heterocycles. The second-order valence-electron chi connectivity index (χ2n) is 3.92. The molecule has 68 valence electrons. The van der Waals surface area contributed by atoms with Crippen molar-refractivity contribution in [3.63, 3.8) is 0 Å². The Morgan fingerprint density at radius 2 is 2.08 bits per heavy atom. The summed E-state index contributed by atoms with van der Waals surface area (Å²) in [6.45, 7) is 4.40. The number of allylic oxidation sites excluding steroid dienone is 2. The van der Waals surface area contributed by atoms with Crippen LogP contribution in [0.25, 0.3) is 0 Å². The number of ketones is 1. The zero-order chi connectivity index (χ0) is 9.19. The zero-order valence-electron chi connectivity index (χ0n) is 7.89. The average Bonchev–Trinajstić information content (AvgIpc) is 1.83. The standard InChI is InChI=1S/C10H17NO/c1-8(2)6-9(12)10(7-11)4-3-5-10/h6H,3-5,7,11H2,1-2H3. The van der Waals surface area contributed by atoms with Gasteiger partial charge in [-0.05, 0) is 32.8 Å². The second-order valence-corrected chi connectivity index (χ2v) is 3.92. The van der Waals surface area contributed by atoms with E-state index < -0.39 is 0 Å². The minimum absolute atomic E-state index is 0.183. The Morgan fingerprint density at radius 1 is 1.50 bits per heavy atom. The van der Waals surface area contributed by atoms with Crippen LogP contribution in [0, 0.1) is 5.41 Å². The van der Waals surface area contributed by atoms with Gasteiger partial charge in [-0.3, -0.25) is 4.79 Å². The van der Waals surface area contributed by atoms with E-state index in [4.69, 9.17) is 5.73 Å². The zero-order valence-corrected chi connectivity index (χ0v) is 7.89. The number of carbonyl (C=O) groups excluding carboxylic acids is 1. The van der Waals surface area contributed by atoms with E-state index in [9.17, 15) is 4.79 Å². The molecule has 0 atom stereocenters. The largest absolute Gasteiger partial charge is 0.329 e. The van der Waals surface area contributed by atoms with E-state index in [1.54, 1.807) is 6.08 Å². The molecule has 0 unspecified atom stereocenters. The Balaban J connectivity index is 2.67. The van der Waals surface area contributed by atoms with Crippen LogP contribution in [0.1, 0.15) is 33.1 Å². The first-order valence-electron chi connectivity index (χ1n) is 4.50. The number of rotatable bonds is 3. The summed E-state index contributed by atoms with van der Waals surface area (Å²) in [5, 5.41) is 0. The van der Waals surface area contributed by atoms with Crippen LogP contribution in [-0.2, 0) is 4.79 Å². The van der Waals surface area contributed by atoms with Crippen LogP contribution >= 0.6 is 0 Å². The summed E-state index contributed by atoms with van der Waals surface area (Å²) in [4.78, 5) is 11.6. The van der Waals surface area contributed by atoms with E-state index in [2.05, 4.69) is 0 Å². The molecule has 0 aromatic heterocycles. The fourth-order valence-electron chi connectivity index (χ4n) is 1.57. The van der Waals surface area contributed by atoms with Crippen molar-refractivity contribution in [2.75, 3.05) is 6.54 Å². The van der Waals surface area contributed by atoms with Gasteiger partial charge in [-0.1, -0.05) is 12.0 Å². The highest BCUT2D eigenvalue weighted by Gasteiger charge is 2.41. The van der Waals surface area contributed by atoms with Crippen LogP contribution in [0.4, 0.5) is 0 Å². The number of nitrogens with two attached hydrogens (primary N) is 1. The summed E-state index contributed by atoms with van der Waals surface area (Å²) in [5.41, 5.74) is 6.48. The van der Waals surface area contributed by atoms with Crippen molar-refractivity contribution in [1.82, 2.24) is 0 Å². The van der Waals surface area contributed by atoms with Gasteiger partial charge in [-0.15, -0.1) is 0 Å². The Morgan fingerprint density at radius 3 is 2.33 bits per heavy atom. The number of hydrogen-bond donors (Lipinski definition) is 1. The average molecular weight is 167 g/mol. The maximum atomic E-state index is 11.6. The van der Waals surface area contributed by atoms with Gasteiger partial charge >= 0.3 is 0 Å². The van der Waals surface area contributed by atoms with Crippen LogP contribution in [0.5, 0.6) is 0 Å². The lowest BCUT2D eigenvalue weighted by Gasteiger charge is -2.38. The molecule has 0 aromatic carbocycles. The van der Waals surface area contributed by atoms with Crippen molar-refractivity contribution >= 4 is 5.78 Å². The molecule has 2 nitrogen and oxygen atoms in total. The first-order valence-corrected chi connectivity index (χ1v) is 4.50. The van der Waals surface area contributed by atoms with Crippen molar-refractivity contribution in [2.24, 2.45) is 11.1 Å². The number of hydrogen-bond acceptors (Lipinski definition) is 2. The minimum atomic E-state index is -0.183. The fraction of sp³-hybridized carbons (Fsp3) is 0.700. The van der Waals surface area contributed by atoms with E-state index in [0.29, 0.717) is 6.54 Å². The van der Waals surface area contributed by atoms with E-state index in [1.807, 2.05) is 13.8 Å². The highest BCUT2D eigenvalue weighted by atomic mass is 16.1. The molecule has 1 saturated carbocycles. The molecule has 0 bridgehead atoms. The van der Waals surface area contributed by atoms with Crippen LogP contribution in [0.3, 0.4) is 0 Å². The van der Waals surface area contributed by atoms with E-state index in [1.165, 1.54) is 0 Å². The molecule has 1 rings (SSSR count). The topological polar surface area (TPSA) is 43.1 Å². The molecule has 0 radical (unpaired) electrons. The molecule has 1 aliphatic carbocycles. The molecular formula is C10H17NO. The first-order chi connectivity index (χ1) is 5.60. The van der Waals surface area contributed by atoms with Gasteiger partial charge in [0.25, 0.3) is 0 Å². The lowest BCUT2D eigenvalue weighted by atomic mass is 9.66. The van der Waals surface area contributed by atoms with Crippen LogP contribution < -0.4 is 5.73 Å². The van der Waals surface area contributed by atoms with Gasteiger partial charge in [0, 0.05) is 12.0 Å². The molecule has 0 spiro atoms. The summed E-state index contributed by atoms with van der Waals surface area (Å²) in [7, 11) is 0. The lowest BCUT2D eigenvalue weighted by Crippen LogP contribution is -2.43. The summed E-state index contributed by atoms with van der Waals surface area (Å²) < 4.78 is 0. The second kappa shape index (κ2) is 3.40. The van der Waals surface area contributed by atoms with E-state index in [0.717, 1.165) is 24.8 Å². The maximum Gasteiger partial charge on any atom is 0.163 e. The summed E-state index contributed by atoms with van der Waals surface area (Å²) in [5.74, 6) is 0.233. The monoisotopic (exact) mass is 167 g/mol. The highest BCUT2D eigenvalue weighted by molar-refractivity contribution is 5.96. The summed E-state index contributed by atoms with van der Waals surface area (Å²) in [6.07, 6.45) is 4.84. The Hall–Kier alpha value is -0.630. The highest BCUT2D eigenvalue weighted by Crippen LogP contribution is 2.41. The Bertz CT molecular complexity index is 204. The smallest absolute Gasteiger partial charge is 0.163 e. The third kappa shape index (κ3) is 1.58. The third-order valence-corrected chi connectivity index (χ3v) is 2.64. The van der Waals surface area contributed by atoms with E-state index in [-0.39, 0.29) is 11.2 Å². The molecule has 0 aliphatic heterocycles. The first kappa shape index (κ1) is 9.46. The molecule has 2 N–H and O–H groups in total. The predicted molar refractivity (Wildman–Crippen MR) is 49.8 cm³/mol. The SMILES string of the molecule is CC(C)=CC(=O)C1(CN)CCC1. The summed E-state index contributed by atoms with van der Waals surface area (Å²) in [6, 6.07) is 0. The van der Waals surface area contributed by atoms with Gasteiger partial charge in [0.15, 0.2) is 5.78 Å². The number of carbonyl (C=O) groups is 1. The van der Waals surface area contributed by atoms with Gasteiger partial charge in [-0.2, -0.15) is 0 Å². The van der Waals surface area contributed by atoms with Crippen molar-refractivity contribution in [2.45, 2.75) is 33.1 Å². The van der Waals surface area contributed by atoms with E-state index >= 15 is 0 Å². The van der Waals surface area contributed by atoms with Gasteiger partial charge in [0.2, 0.25) is 0 Å². The van der Waals surface area contributed by atoms with Gasteiger partial charge < -0.3 is 5.73 Å². The minimum Gasteiger partial charge on any atom is -0.329 e. The normalized spacial score (nSPS) is 19.6. The van der Waals surface area contributed by atoms with Crippen LogP contribution in [0.15, 0.2) is 11.6 Å². The van der Waals surface area contributed by atoms with Crippen molar-refractivity contribution < 1.29 is 4.79 Å². The fourth-order valence-corrected chi connectivity index (χ4v) is 1.57. The molecule has 1 fully saturated rings. The molecule has 0 aromatic rings. The Labute approximate surface area is 73.8 Å². The summed E-state index contributed by atoms with van der Waals surface area (Å²) >= 11 is 0. The van der Waals surface area contributed by atoms with Crippen molar-refractivity contribution in [3.8, 4) is 0 Å². The third-order valence-electron chi connectivity index (χ3n) is 2.64. The van der Waals surface area contributed by atoms with Crippen LogP contribution in [0.2, 0.25) is 0 Å². The molecule has 12 heavy (non-hydrogen) atoms. The predicted octanol–water partition coefficient (Wildman–Crippen LogP) is 1.65. The molecule has 0 amide bonds. The molecular weight excluding hydrogens is 150 g/mol. The molecule has 0 heterocycles. The molecule has 2 heteroatoms. The molecule has 1 aliphatic rings. The van der Waals surface area contributed by atoms with Crippen molar-refractivity contribution in [1.29, 1.82) is 0 Å². The lowest BCUT2D eigenvalue weighted by molar-refractivity contribution is -0.127. The van der Waals surface area contributed by atoms with Crippen LogP contribution in [-0.4, -0.2) is 12.3 Å². The van der Waals surface area contributed by atoms with Gasteiger partial charge in [-0.25, -0.2) is 0 Å². The van der Waals surface area contributed by atoms with Crippen molar-refractivity contribution in [3.05, 3.63) is 11.6 Å².